The molecule has 1 heterocycles. The fourth-order valence-corrected chi connectivity index (χ4v) is 10.0. The van der Waals surface area contributed by atoms with E-state index in [-0.39, 0.29) is 0 Å². The number of rotatable bonds is 7. The van der Waals surface area contributed by atoms with Crippen molar-refractivity contribution in [3.63, 3.8) is 0 Å². The Morgan fingerprint density at radius 1 is 0.837 bits per heavy atom. The van der Waals surface area contributed by atoms with Crippen molar-refractivity contribution < 1.29 is 0 Å². The molecule has 0 aromatic rings. The molecule has 6 atom stereocenters. The Morgan fingerprint density at radius 3 is 2.35 bits per heavy atom. The predicted octanol–water partition coefficient (Wildman–Crippen LogP) is 11.1. The maximum absolute atomic E-state index is 4.07. The van der Waals surface area contributed by atoms with E-state index in [1.54, 1.807) is 44.6 Å². The minimum Gasteiger partial charge on any atom is -0.303 e. The fraction of sp³-hybridized carbons (Fsp3) is 0.619. The summed E-state index contributed by atoms with van der Waals surface area (Å²) in [4.78, 5) is 0. The monoisotopic (exact) mass is 575 g/mol. The Bertz CT molecular complexity index is 1330. The summed E-state index contributed by atoms with van der Waals surface area (Å²) in [6.07, 6.45) is 38.8. The maximum atomic E-state index is 4.07. The largest absolute Gasteiger partial charge is 0.303 e. The Labute approximate surface area is 263 Å². The lowest BCUT2D eigenvalue weighted by Crippen LogP contribution is -2.49. The van der Waals surface area contributed by atoms with Gasteiger partial charge >= 0.3 is 0 Å². The molecule has 0 aromatic carbocycles. The lowest BCUT2D eigenvalue weighted by Gasteiger charge is -2.44. The molecule has 1 saturated carbocycles. The highest BCUT2D eigenvalue weighted by Gasteiger charge is 2.40. The zero-order valence-electron chi connectivity index (χ0n) is 27.6. The van der Waals surface area contributed by atoms with Crippen LogP contribution in [0, 0.1) is 35.5 Å². The molecular weight excluding hydrogens is 518 g/mol. The number of hydrogen-bond donors (Lipinski definition) is 1. The van der Waals surface area contributed by atoms with Gasteiger partial charge in [0.05, 0.1) is 0 Å². The second-order valence-electron chi connectivity index (χ2n) is 15.2. The minimum atomic E-state index is 0.503. The summed E-state index contributed by atoms with van der Waals surface area (Å²) < 4.78 is 0. The lowest BCUT2D eigenvalue weighted by atomic mass is 9.62. The molecule has 6 unspecified atom stereocenters. The quantitative estimate of drug-likeness (QED) is 0.298. The predicted molar refractivity (Wildman–Crippen MR) is 184 cm³/mol. The molecule has 1 fully saturated rings. The lowest BCUT2D eigenvalue weighted by molar-refractivity contribution is 0.293. The molecule has 0 spiro atoms. The molecule has 43 heavy (non-hydrogen) atoms. The van der Waals surface area contributed by atoms with Crippen molar-refractivity contribution in [2.45, 2.75) is 130 Å². The average Bonchev–Trinajstić information content (AvgIpc) is 3.07. The first-order chi connectivity index (χ1) is 21.1. The summed E-state index contributed by atoms with van der Waals surface area (Å²) in [6.45, 7) is 9.54. The number of fused-ring (bicyclic) bond motifs is 5. The molecule has 0 saturated heterocycles. The van der Waals surface area contributed by atoms with E-state index in [2.05, 4.69) is 81.6 Å². The normalized spacial score (nSPS) is 36.0. The van der Waals surface area contributed by atoms with E-state index >= 15 is 0 Å². The van der Waals surface area contributed by atoms with Gasteiger partial charge in [-0.25, -0.2) is 0 Å². The van der Waals surface area contributed by atoms with Crippen molar-refractivity contribution in [2.75, 3.05) is 0 Å². The van der Waals surface area contributed by atoms with Gasteiger partial charge < -0.3 is 5.32 Å². The van der Waals surface area contributed by atoms with Gasteiger partial charge in [-0.05, 0) is 125 Å². The molecule has 1 aliphatic heterocycles. The summed E-state index contributed by atoms with van der Waals surface area (Å²) in [6, 6.07) is 1.03. The third kappa shape index (κ3) is 5.62. The van der Waals surface area contributed by atoms with Crippen LogP contribution in [0.25, 0.3) is 0 Å². The Kier molecular flexibility index (Phi) is 8.74. The van der Waals surface area contributed by atoms with Crippen LogP contribution in [0.2, 0.25) is 0 Å². The molecule has 0 radical (unpaired) electrons. The van der Waals surface area contributed by atoms with Gasteiger partial charge in [0.15, 0.2) is 0 Å². The summed E-state index contributed by atoms with van der Waals surface area (Å²) in [5.74, 6) is 4.23. The molecule has 230 valence electrons. The van der Waals surface area contributed by atoms with Crippen LogP contribution in [0.1, 0.15) is 118 Å². The Hall–Kier alpha value is -2.12. The topological polar surface area (TPSA) is 12.0 Å². The van der Waals surface area contributed by atoms with Crippen LogP contribution in [-0.4, -0.2) is 12.1 Å². The van der Waals surface area contributed by atoms with Crippen LogP contribution in [-0.2, 0) is 0 Å². The second kappa shape index (κ2) is 12.7. The van der Waals surface area contributed by atoms with Gasteiger partial charge in [-0.3, -0.25) is 0 Å². The first-order valence-electron chi connectivity index (χ1n) is 18.4. The smallest absolute Gasteiger partial charge is 0.0388 e. The highest BCUT2D eigenvalue weighted by atomic mass is 15.0. The van der Waals surface area contributed by atoms with Gasteiger partial charge in [0, 0.05) is 29.8 Å². The molecule has 1 N–H and O–H groups in total. The Balaban J connectivity index is 1.06. The molecule has 7 rings (SSSR count). The van der Waals surface area contributed by atoms with E-state index < -0.39 is 0 Å². The van der Waals surface area contributed by atoms with E-state index in [1.807, 2.05) is 0 Å². The SMILES string of the molecule is CCC(C)CCC1=C(C)C2NC(CC)C=C(C3CCC(C4=CC5=C(CC4)C4C=CC=CC4C4=C5CCCC4)CC3)C2C=C1. The van der Waals surface area contributed by atoms with Crippen LogP contribution in [0.5, 0.6) is 0 Å². The highest BCUT2D eigenvalue weighted by molar-refractivity contribution is 5.57. The zero-order chi connectivity index (χ0) is 29.5. The standard InChI is InChI=1S/C42H57N/c1-5-27(3)15-16-29-21-24-39-40(26-33(6-2)43-42(39)28(29)4)31-19-17-30(18-20-31)32-22-23-38-36-13-8-7-11-34(36)35-12-9-10-14-37(35)41(38)25-32/h7-8,11,13,21,24-27,30-31,33-34,36,39,42-43H,5-6,9-10,12,14-20,22-23H2,1-4H3. The van der Waals surface area contributed by atoms with E-state index in [4.69, 9.17) is 0 Å². The van der Waals surface area contributed by atoms with Crippen LogP contribution >= 0.6 is 0 Å². The summed E-state index contributed by atoms with van der Waals surface area (Å²) in [5.41, 5.74) is 13.8. The van der Waals surface area contributed by atoms with Crippen molar-refractivity contribution in [2.24, 2.45) is 35.5 Å². The van der Waals surface area contributed by atoms with Crippen LogP contribution in [0.15, 0.2) is 93.2 Å². The van der Waals surface area contributed by atoms with E-state index in [1.165, 1.54) is 89.9 Å². The number of nitrogens with one attached hydrogen (secondary N) is 1. The van der Waals surface area contributed by atoms with E-state index in [9.17, 15) is 0 Å². The minimum absolute atomic E-state index is 0.503. The van der Waals surface area contributed by atoms with Crippen LogP contribution in [0.4, 0.5) is 0 Å². The first-order valence-corrected chi connectivity index (χ1v) is 18.4. The molecule has 1 nitrogen and oxygen atoms in total. The average molecular weight is 576 g/mol. The zero-order valence-corrected chi connectivity index (χ0v) is 27.6. The molecule has 0 bridgehead atoms. The third-order valence-electron chi connectivity index (χ3n) is 12.9. The van der Waals surface area contributed by atoms with Gasteiger partial charge in [-0.15, -0.1) is 0 Å². The third-order valence-corrected chi connectivity index (χ3v) is 12.9. The van der Waals surface area contributed by atoms with Gasteiger partial charge in [-0.1, -0.05) is 104 Å². The molecule has 0 amide bonds. The highest BCUT2D eigenvalue weighted by Crippen LogP contribution is 2.52. The van der Waals surface area contributed by atoms with E-state index in [0.717, 1.165) is 17.8 Å². The number of hydrogen-bond acceptors (Lipinski definition) is 1. The summed E-state index contributed by atoms with van der Waals surface area (Å²) >= 11 is 0. The molecule has 0 aromatic heterocycles. The maximum Gasteiger partial charge on any atom is 0.0388 e. The van der Waals surface area contributed by atoms with E-state index in [0.29, 0.717) is 29.8 Å². The number of allylic oxidation sites excluding steroid dienone is 12. The summed E-state index contributed by atoms with van der Waals surface area (Å²) in [5, 5.41) is 4.07. The van der Waals surface area contributed by atoms with Gasteiger partial charge in [0.25, 0.3) is 0 Å². The van der Waals surface area contributed by atoms with Crippen LogP contribution in [0.3, 0.4) is 0 Å². The van der Waals surface area contributed by atoms with Gasteiger partial charge in [-0.2, -0.15) is 0 Å². The summed E-state index contributed by atoms with van der Waals surface area (Å²) in [7, 11) is 0. The van der Waals surface area contributed by atoms with Crippen molar-refractivity contribution in [1.82, 2.24) is 5.32 Å². The van der Waals surface area contributed by atoms with Crippen molar-refractivity contribution in [1.29, 1.82) is 0 Å². The second-order valence-corrected chi connectivity index (χ2v) is 15.2. The molecule has 7 aliphatic rings. The van der Waals surface area contributed by atoms with Crippen LogP contribution < -0.4 is 5.32 Å². The first kappa shape index (κ1) is 29.6. The Morgan fingerprint density at radius 2 is 1.58 bits per heavy atom. The van der Waals surface area contributed by atoms with Crippen molar-refractivity contribution >= 4 is 0 Å². The molecule has 6 aliphatic carbocycles. The van der Waals surface area contributed by atoms with Gasteiger partial charge in [0.1, 0.15) is 0 Å². The molecule has 1 heteroatoms. The fourth-order valence-electron chi connectivity index (χ4n) is 10.0. The molecular formula is C42H57N. The van der Waals surface area contributed by atoms with Gasteiger partial charge in [0.2, 0.25) is 0 Å². The van der Waals surface area contributed by atoms with Crippen molar-refractivity contribution in [3.8, 4) is 0 Å². The van der Waals surface area contributed by atoms with Crippen molar-refractivity contribution in [3.05, 3.63) is 93.2 Å².